The molecular formula is C116H144Cr4N8P4+4. The Morgan fingerprint density at radius 3 is 0.689 bits per heavy atom. The van der Waals surface area contributed by atoms with Crippen LogP contribution in [0.1, 0.15) is 117 Å². The van der Waals surface area contributed by atoms with Crippen LogP contribution in [0.25, 0.3) is 0 Å². The molecule has 14 aromatic rings. The molecule has 0 aliphatic carbocycles. The minimum Gasteiger partial charge on any atom is -0.358 e. The van der Waals surface area contributed by atoms with Crippen molar-refractivity contribution in [1.82, 2.24) is 20.3 Å². The molecule has 0 bridgehead atoms. The number of amidine groups is 4. The van der Waals surface area contributed by atoms with Crippen molar-refractivity contribution in [1.29, 1.82) is 0 Å². The molecule has 0 aliphatic rings. The molecule has 14 aromatic carbocycles. The average Bonchev–Trinajstić information content (AvgIpc) is 0.813. The van der Waals surface area contributed by atoms with Gasteiger partial charge >= 0.3 is 69.4 Å². The van der Waals surface area contributed by atoms with Crippen molar-refractivity contribution in [3.63, 3.8) is 0 Å². The summed E-state index contributed by atoms with van der Waals surface area (Å²) < 4.78 is 0. The number of nitrogens with one attached hydrogen (secondary N) is 4. The van der Waals surface area contributed by atoms with Crippen LogP contribution >= 0.6 is 32.3 Å². The first-order valence-electron chi connectivity index (χ1n) is 41.8. The van der Waals surface area contributed by atoms with E-state index >= 15 is 0 Å². The minimum absolute atomic E-state index is 0. The van der Waals surface area contributed by atoms with Gasteiger partial charge in [-0.3, -0.25) is 0 Å². The van der Waals surface area contributed by atoms with E-state index in [0.717, 1.165) is 70.1 Å². The average molecular weight is 1980 g/mol. The molecule has 132 heavy (non-hydrogen) atoms. The molecule has 0 radical (unpaired) electrons. The van der Waals surface area contributed by atoms with Crippen LogP contribution < -0.4 is 52.2 Å². The third-order valence-corrected chi connectivity index (χ3v) is 30.9. The summed E-state index contributed by atoms with van der Waals surface area (Å²) in [6.07, 6.45) is 1.61. The van der Waals surface area contributed by atoms with Crippen LogP contribution in [0.5, 0.6) is 0 Å². The summed E-state index contributed by atoms with van der Waals surface area (Å²) in [5, 5.41) is 23.4. The molecular weight excluding hydrogens is 1840 g/mol. The molecule has 4 N–H and O–H groups in total. The molecule has 0 atom stereocenters. The second-order valence-electron chi connectivity index (χ2n) is 31.7. The quantitative estimate of drug-likeness (QED) is 0.0235. The van der Waals surface area contributed by atoms with Gasteiger partial charge in [-0.15, -0.1) is 0 Å². The number of para-hydroxylation sites is 2. The van der Waals surface area contributed by atoms with Gasteiger partial charge in [0.15, 0.2) is 35.9 Å². The van der Waals surface area contributed by atoms with E-state index in [1.807, 2.05) is 12.1 Å². The Bertz CT molecular complexity index is 5490. The maximum absolute atomic E-state index is 5.20. The van der Waals surface area contributed by atoms with Gasteiger partial charge in [-0.2, -0.15) is 0 Å². The molecule has 16 heteroatoms. The summed E-state index contributed by atoms with van der Waals surface area (Å²) in [4.78, 5) is 20.7. The van der Waals surface area contributed by atoms with Crippen LogP contribution in [0.3, 0.4) is 0 Å². The molecule has 8 nitrogen and oxygen atoms in total. The van der Waals surface area contributed by atoms with E-state index in [2.05, 4.69) is 471 Å². The van der Waals surface area contributed by atoms with E-state index in [1.54, 1.807) is 0 Å². The van der Waals surface area contributed by atoms with E-state index in [0.29, 0.717) is 11.3 Å². The number of aliphatic imine (C=N–C) groups is 4. The van der Waals surface area contributed by atoms with Gasteiger partial charge in [-0.25, -0.2) is 40.3 Å². The third kappa shape index (κ3) is 37.6. The van der Waals surface area contributed by atoms with Gasteiger partial charge in [0.25, 0.3) is 0 Å². The maximum Gasteiger partial charge on any atom is 2.00 e. The molecule has 0 heterocycles. The Balaban J connectivity index is 0. The van der Waals surface area contributed by atoms with Gasteiger partial charge in [-0.05, 0) is 239 Å². The van der Waals surface area contributed by atoms with Crippen LogP contribution in [-0.2, 0) is 82.3 Å². The standard InChI is InChI=1S/C29H29N2P.C28H27N2P.C27H25N2P.C24H35N2P.8CH3.4Cr/c1-22-17-19-25(20-18-22)21-28(30-29-23(2)11-10-12-24(29)3)31-32(26-13-6-4-7-14-26)27-15-8-5-9-16-27;1-21-19-22(2)27(23(3)20-21)29-28(24-13-7-4-8-14-24)30-31(25-15-9-5-10-16-25)26-17-11-6-12-18-26;1-21-13-12-14-22(2)26(21)28-27(23-15-6-3-7-16-23)29-30(24-17-8-4-9-18-24)25-19-10-5-11-20-25;1-16(2)27(17(3)4)26-23(15-22-11-9-18(5)10-12-22)25-24-20(7)13-19(6)14-21(24)8;;;;;;;;;;;;/h4-20H,21H2,1-3H3,(H,30,31);4-20H,1-3H3,(H,29,30);3-20H,1-2H3,(H,28,29);9-14,16-17H,15H2,1-8H3,(H,25,26);8*1H3;;;;/q;;;;8*-1;4*+2/p+4. The summed E-state index contributed by atoms with van der Waals surface area (Å²) in [6.45, 7) is 35.0. The Morgan fingerprint density at radius 2 is 0.439 bits per heavy atom. The molecule has 0 amide bonds. The van der Waals surface area contributed by atoms with Crippen LogP contribution in [0.2, 0.25) is 0 Å². The fourth-order valence-electron chi connectivity index (χ4n) is 14.8. The van der Waals surface area contributed by atoms with Crippen LogP contribution in [0.4, 0.5) is 22.7 Å². The summed E-state index contributed by atoms with van der Waals surface area (Å²) in [7, 11) is -4.54. The molecule has 0 saturated heterocycles. The van der Waals surface area contributed by atoms with E-state index in [9.17, 15) is 0 Å². The molecule has 0 aliphatic heterocycles. The predicted octanol–water partition coefficient (Wildman–Crippen LogP) is 28.4. The first kappa shape index (κ1) is 125. The zero-order chi connectivity index (χ0) is 84.9. The van der Waals surface area contributed by atoms with E-state index in [4.69, 9.17) is 20.0 Å². The van der Waals surface area contributed by atoms with E-state index in [1.165, 1.54) is 110 Å². The number of benzene rings is 14. The van der Waals surface area contributed by atoms with Gasteiger partial charge in [0.1, 0.15) is 43.5 Å². The van der Waals surface area contributed by atoms with Crippen LogP contribution in [0.15, 0.2) is 372 Å². The fourth-order valence-corrected chi connectivity index (χ4v) is 23.5. The maximum atomic E-state index is 5.20. The Hall–Kier alpha value is -9.19. The van der Waals surface area contributed by atoms with E-state index in [-0.39, 0.29) is 129 Å². The van der Waals surface area contributed by atoms with Crippen molar-refractivity contribution in [2.45, 2.75) is 135 Å². The van der Waals surface area contributed by atoms with Gasteiger partial charge < -0.3 is 59.4 Å². The zero-order valence-electron chi connectivity index (χ0n) is 82.5. The number of hydrogen-bond donors (Lipinski definition) is 4. The summed E-state index contributed by atoms with van der Waals surface area (Å²) in [6, 6.07) is 124. The molecule has 0 unspecified atom stereocenters. The van der Waals surface area contributed by atoms with Gasteiger partial charge in [0, 0.05) is 24.0 Å². The van der Waals surface area contributed by atoms with Crippen LogP contribution in [-0.4, -0.2) is 34.7 Å². The minimum atomic E-state index is -1.28. The Kier molecular flexibility index (Phi) is 60.4. The first-order chi connectivity index (χ1) is 58.1. The molecule has 0 spiro atoms. The molecule has 0 saturated carbocycles. The van der Waals surface area contributed by atoms with Crippen molar-refractivity contribution < 1.29 is 69.4 Å². The Morgan fingerprint density at radius 1 is 0.227 bits per heavy atom. The molecule has 688 valence electrons. The normalized spacial score (nSPS) is 10.7. The summed E-state index contributed by atoms with van der Waals surface area (Å²) in [5.74, 6) is 3.94. The van der Waals surface area contributed by atoms with Crippen molar-refractivity contribution in [2.75, 3.05) is 0 Å². The smallest absolute Gasteiger partial charge is 0.358 e. The molecule has 0 fully saturated rings. The van der Waals surface area contributed by atoms with Crippen molar-refractivity contribution in [3.05, 3.63) is 500 Å². The van der Waals surface area contributed by atoms with Gasteiger partial charge in [0.05, 0.1) is 42.1 Å². The largest absolute Gasteiger partial charge is 2.00 e. The van der Waals surface area contributed by atoms with Crippen molar-refractivity contribution >= 4 is 110 Å². The number of hydrogen-bond acceptors (Lipinski definition) is 4. The summed E-state index contributed by atoms with van der Waals surface area (Å²) in [5.41, 5.74) is 25.1. The SMILES string of the molecule is Cc1cc(C)c(N=C(N[PH+](c2ccccc2)c2ccccc2)c2ccccc2)c(C)c1.Cc1ccc(CC(=Nc2c(C)cc(C)cc2C)N[PH+](C(C)C)C(C)C)cc1.Cc1ccc(CC(=Nc2c(C)cccc2C)N[PH+](c2ccccc2)c2ccccc2)cc1.Cc1cccc(C)c1N=C(N[PH+](c1ccccc1)c1ccccc1)c1ccccc1.[CH3-].[CH3-].[CH3-].[CH3-].[CH3-].[CH3-].[CH3-].[CH3-].[Cr+2].[Cr+2].[Cr+2].[Cr+2]. The molecule has 0 aromatic heterocycles. The van der Waals surface area contributed by atoms with Crippen molar-refractivity contribution in [3.8, 4) is 0 Å². The Labute approximate surface area is 847 Å². The number of nitrogens with zero attached hydrogens (tertiary/aromatic N) is 4. The number of rotatable bonds is 22. The van der Waals surface area contributed by atoms with Crippen LogP contribution in [0, 0.1) is 142 Å². The molecule has 14 rings (SSSR count). The second kappa shape index (κ2) is 63.9. The number of aryl methyl sites for hydroxylation is 12. The third-order valence-electron chi connectivity index (χ3n) is 20.8. The zero-order valence-corrected chi connectivity index (χ0v) is 91.6. The monoisotopic (exact) mass is 1980 g/mol. The summed E-state index contributed by atoms with van der Waals surface area (Å²) >= 11 is 0. The fraction of sp³-hybridized carbons (Fsp3) is 0.172. The first-order valence-corrected chi connectivity index (χ1v) is 48.0. The van der Waals surface area contributed by atoms with Gasteiger partial charge in [-0.1, -0.05) is 301 Å². The van der Waals surface area contributed by atoms with Crippen molar-refractivity contribution in [2.24, 2.45) is 20.0 Å². The topological polar surface area (TPSA) is 97.6 Å². The van der Waals surface area contributed by atoms with E-state index < -0.39 is 32.3 Å². The predicted molar refractivity (Wildman–Crippen MR) is 586 cm³/mol. The second-order valence-corrected chi connectivity index (χ2v) is 41.6. The van der Waals surface area contributed by atoms with Gasteiger partial charge in [0.2, 0.25) is 0 Å².